The van der Waals surface area contributed by atoms with Gasteiger partial charge in [0.25, 0.3) is 0 Å². The molecule has 3 atom stereocenters. The average Bonchev–Trinajstić information content (AvgIpc) is 2.46. The van der Waals surface area contributed by atoms with Crippen LogP contribution < -0.4 is 5.32 Å². The van der Waals surface area contributed by atoms with Gasteiger partial charge in [-0.05, 0) is 18.8 Å². The fourth-order valence-corrected chi connectivity index (χ4v) is 3.40. The Balaban J connectivity index is 1.65. The number of aliphatic hydroxyl groups is 1. The van der Waals surface area contributed by atoms with Crippen LogP contribution in [0.2, 0.25) is 0 Å². The van der Waals surface area contributed by atoms with Gasteiger partial charge in [0.15, 0.2) is 0 Å². The van der Waals surface area contributed by atoms with Crippen molar-refractivity contribution >= 4 is 0 Å². The summed E-state index contributed by atoms with van der Waals surface area (Å²) < 4.78 is 5.33. The highest BCUT2D eigenvalue weighted by molar-refractivity contribution is 4.81. The van der Waals surface area contributed by atoms with Gasteiger partial charge >= 0.3 is 0 Å². The van der Waals surface area contributed by atoms with Gasteiger partial charge in [-0.15, -0.1) is 0 Å². The van der Waals surface area contributed by atoms with Crippen LogP contribution in [0.5, 0.6) is 0 Å². The van der Waals surface area contributed by atoms with Crippen LogP contribution in [0.15, 0.2) is 0 Å². The molecule has 0 aromatic carbocycles. The van der Waals surface area contributed by atoms with Crippen LogP contribution in [0, 0.1) is 5.92 Å². The SMILES string of the molecule is CCC1CCCCC1NCC(O)CN1CCOCC1. The minimum absolute atomic E-state index is 0.252. The van der Waals surface area contributed by atoms with Gasteiger partial charge in [0, 0.05) is 32.2 Å². The molecule has 4 heteroatoms. The average molecular weight is 270 g/mol. The van der Waals surface area contributed by atoms with Crippen LogP contribution in [0.1, 0.15) is 39.0 Å². The van der Waals surface area contributed by atoms with Gasteiger partial charge in [-0.25, -0.2) is 0 Å². The van der Waals surface area contributed by atoms with E-state index in [1.54, 1.807) is 0 Å². The largest absolute Gasteiger partial charge is 0.390 e. The molecule has 2 N–H and O–H groups in total. The molecule has 0 amide bonds. The maximum Gasteiger partial charge on any atom is 0.0791 e. The Labute approximate surface area is 117 Å². The lowest BCUT2D eigenvalue weighted by molar-refractivity contribution is 0.0138. The standard InChI is InChI=1S/C15H30N2O2/c1-2-13-5-3-4-6-15(13)16-11-14(18)12-17-7-9-19-10-8-17/h13-16,18H,2-12H2,1H3. The first-order valence-electron chi connectivity index (χ1n) is 8.01. The molecule has 19 heavy (non-hydrogen) atoms. The molecule has 1 saturated carbocycles. The third-order valence-electron chi connectivity index (χ3n) is 4.62. The van der Waals surface area contributed by atoms with E-state index in [1.165, 1.54) is 32.1 Å². The van der Waals surface area contributed by atoms with Gasteiger partial charge in [0.1, 0.15) is 0 Å². The molecule has 1 aliphatic heterocycles. The molecule has 1 saturated heterocycles. The number of aliphatic hydroxyl groups excluding tert-OH is 1. The predicted molar refractivity (Wildman–Crippen MR) is 77.3 cm³/mol. The Kier molecular flexibility index (Phi) is 6.57. The maximum absolute atomic E-state index is 10.1. The van der Waals surface area contributed by atoms with E-state index in [1.807, 2.05) is 0 Å². The highest BCUT2D eigenvalue weighted by Gasteiger charge is 2.24. The van der Waals surface area contributed by atoms with Gasteiger partial charge in [-0.1, -0.05) is 26.2 Å². The van der Waals surface area contributed by atoms with Crippen LogP contribution >= 0.6 is 0 Å². The second-order valence-electron chi connectivity index (χ2n) is 6.03. The van der Waals surface area contributed by atoms with Crippen LogP contribution in [0.3, 0.4) is 0 Å². The van der Waals surface area contributed by atoms with E-state index in [9.17, 15) is 5.11 Å². The maximum atomic E-state index is 10.1. The Morgan fingerprint density at radius 3 is 2.74 bits per heavy atom. The highest BCUT2D eigenvalue weighted by atomic mass is 16.5. The van der Waals surface area contributed by atoms with Gasteiger partial charge in [0.05, 0.1) is 19.3 Å². The number of hydrogen-bond acceptors (Lipinski definition) is 4. The van der Waals surface area contributed by atoms with E-state index in [0.29, 0.717) is 6.04 Å². The summed E-state index contributed by atoms with van der Waals surface area (Å²) in [4.78, 5) is 2.30. The Morgan fingerprint density at radius 2 is 2.00 bits per heavy atom. The van der Waals surface area contributed by atoms with Crippen molar-refractivity contribution in [1.29, 1.82) is 0 Å². The minimum atomic E-state index is -0.252. The normalized spacial score (nSPS) is 31.3. The molecule has 0 radical (unpaired) electrons. The zero-order valence-corrected chi connectivity index (χ0v) is 12.3. The number of nitrogens with zero attached hydrogens (tertiary/aromatic N) is 1. The van der Waals surface area contributed by atoms with E-state index in [-0.39, 0.29) is 6.10 Å². The Bertz CT molecular complexity index is 244. The molecule has 0 aromatic rings. The fourth-order valence-electron chi connectivity index (χ4n) is 3.40. The van der Waals surface area contributed by atoms with Gasteiger partial charge in [0.2, 0.25) is 0 Å². The smallest absolute Gasteiger partial charge is 0.0791 e. The fraction of sp³-hybridized carbons (Fsp3) is 1.00. The van der Waals surface area contributed by atoms with Gasteiger partial charge in [-0.3, -0.25) is 4.90 Å². The van der Waals surface area contributed by atoms with Gasteiger partial charge < -0.3 is 15.2 Å². The zero-order chi connectivity index (χ0) is 13.5. The number of rotatable bonds is 6. The summed E-state index contributed by atoms with van der Waals surface area (Å²) in [5.41, 5.74) is 0. The van der Waals surface area contributed by atoms with Crippen LogP contribution in [0.25, 0.3) is 0 Å². The first-order chi connectivity index (χ1) is 9.29. The molecule has 2 fully saturated rings. The molecule has 3 unspecified atom stereocenters. The van der Waals surface area contributed by atoms with E-state index in [2.05, 4.69) is 17.1 Å². The number of morpholine rings is 1. The molecule has 1 aliphatic carbocycles. The molecule has 1 heterocycles. The summed E-state index contributed by atoms with van der Waals surface area (Å²) in [6, 6.07) is 0.623. The monoisotopic (exact) mass is 270 g/mol. The summed E-state index contributed by atoms with van der Waals surface area (Å²) in [6.45, 7) is 7.32. The third kappa shape index (κ3) is 5.03. The lowest BCUT2D eigenvalue weighted by Gasteiger charge is -2.33. The lowest BCUT2D eigenvalue weighted by atomic mass is 9.83. The quantitative estimate of drug-likeness (QED) is 0.762. The molecular formula is C15H30N2O2. The molecule has 2 aliphatic rings. The van der Waals surface area contributed by atoms with Crippen molar-refractivity contribution in [3.8, 4) is 0 Å². The summed E-state index contributed by atoms with van der Waals surface area (Å²) in [5.74, 6) is 0.810. The first kappa shape index (κ1) is 15.2. The van der Waals surface area contributed by atoms with E-state index >= 15 is 0 Å². The molecule has 0 aromatic heterocycles. The number of hydrogen-bond donors (Lipinski definition) is 2. The van der Waals surface area contributed by atoms with E-state index in [0.717, 1.165) is 45.3 Å². The number of β-amino-alcohol motifs (C(OH)–C–C–N with tert-alkyl or cyclic N) is 1. The summed E-state index contributed by atoms with van der Waals surface area (Å²) >= 11 is 0. The molecular weight excluding hydrogens is 240 g/mol. The van der Waals surface area contributed by atoms with Crippen LogP contribution in [-0.4, -0.2) is 61.5 Å². The number of ether oxygens (including phenoxy) is 1. The molecule has 2 rings (SSSR count). The first-order valence-corrected chi connectivity index (χ1v) is 8.01. The van der Waals surface area contributed by atoms with Crippen molar-refractivity contribution in [2.75, 3.05) is 39.4 Å². The van der Waals surface area contributed by atoms with Crippen molar-refractivity contribution in [2.45, 2.75) is 51.2 Å². The second-order valence-corrected chi connectivity index (χ2v) is 6.03. The highest BCUT2D eigenvalue weighted by Crippen LogP contribution is 2.26. The summed E-state index contributed by atoms with van der Waals surface area (Å²) in [7, 11) is 0. The number of nitrogens with one attached hydrogen (secondary N) is 1. The van der Waals surface area contributed by atoms with Crippen LogP contribution in [-0.2, 0) is 4.74 Å². The van der Waals surface area contributed by atoms with Crippen molar-refractivity contribution in [2.24, 2.45) is 5.92 Å². The Hall–Kier alpha value is -0.160. The summed E-state index contributed by atoms with van der Waals surface area (Å²) in [5, 5.41) is 13.8. The molecule has 112 valence electrons. The van der Waals surface area contributed by atoms with Crippen molar-refractivity contribution in [3.63, 3.8) is 0 Å². The van der Waals surface area contributed by atoms with Crippen molar-refractivity contribution in [1.82, 2.24) is 10.2 Å². The predicted octanol–water partition coefficient (Wildman–Crippen LogP) is 1.24. The lowest BCUT2D eigenvalue weighted by Crippen LogP contribution is -2.47. The van der Waals surface area contributed by atoms with Crippen molar-refractivity contribution < 1.29 is 9.84 Å². The molecule has 4 nitrogen and oxygen atoms in total. The van der Waals surface area contributed by atoms with Crippen LogP contribution in [0.4, 0.5) is 0 Å². The van der Waals surface area contributed by atoms with Crippen molar-refractivity contribution in [3.05, 3.63) is 0 Å². The second kappa shape index (κ2) is 8.20. The Morgan fingerprint density at radius 1 is 1.26 bits per heavy atom. The molecule has 0 bridgehead atoms. The summed E-state index contributed by atoms with van der Waals surface area (Å²) in [6.07, 6.45) is 6.37. The minimum Gasteiger partial charge on any atom is -0.390 e. The molecule has 0 spiro atoms. The van der Waals surface area contributed by atoms with E-state index < -0.39 is 0 Å². The van der Waals surface area contributed by atoms with Gasteiger partial charge in [-0.2, -0.15) is 0 Å². The third-order valence-corrected chi connectivity index (χ3v) is 4.62. The topological polar surface area (TPSA) is 44.7 Å². The van der Waals surface area contributed by atoms with E-state index in [4.69, 9.17) is 4.74 Å². The zero-order valence-electron chi connectivity index (χ0n) is 12.3.